The third-order valence-corrected chi connectivity index (χ3v) is 4.56. The van der Waals surface area contributed by atoms with Crippen molar-refractivity contribution >= 4 is 12.2 Å². The molecular formula is C20H39NO4. The molecular weight excluding hydrogens is 318 g/mol. The molecule has 1 unspecified atom stereocenters. The summed E-state index contributed by atoms with van der Waals surface area (Å²) in [6, 6.07) is 0.0412. The van der Waals surface area contributed by atoms with E-state index in [-0.39, 0.29) is 18.4 Å². The van der Waals surface area contributed by atoms with E-state index in [1.807, 2.05) is 6.92 Å². The first-order valence-corrected chi connectivity index (χ1v) is 10.2. The van der Waals surface area contributed by atoms with E-state index in [9.17, 15) is 9.59 Å². The predicted octanol–water partition coefficient (Wildman–Crippen LogP) is 5.03. The molecule has 0 aliphatic heterocycles. The predicted molar refractivity (Wildman–Crippen MR) is 101 cm³/mol. The lowest BCUT2D eigenvalue weighted by atomic mass is 10.0. The van der Waals surface area contributed by atoms with E-state index in [1.54, 1.807) is 0 Å². The van der Waals surface area contributed by atoms with Gasteiger partial charge in [0.25, 0.3) is 0 Å². The third kappa shape index (κ3) is 16.3. The molecule has 5 heteroatoms. The summed E-state index contributed by atoms with van der Waals surface area (Å²) in [6.07, 6.45) is 14.7. The van der Waals surface area contributed by atoms with Crippen molar-refractivity contribution < 1.29 is 19.7 Å². The van der Waals surface area contributed by atoms with E-state index in [0.717, 1.165) is 32.0 Å². The first-order valence-electron chi connectivity index (χ1n) is 10.2. The topological polar surface area (TPSA) is 75.6 Å². The normalized spacial score (nSPS) is 13.4. The highest BCUT2D eigenvalue weighted by Gasteiger charge is 2.16. The minimum Gasteiger partial charge on any atom is -0.354 e. The molecule has 0 saturated heterocycles. The molecule has 0 radical (unpaired) electrons. The van der Waals surface area contributed by atoms with Crippen LogP contribution in [0.5, 0.6) is 0 Å². The fraction of sp³-hybridized carbons (Fsp3) is 0.900. The van der Waals surface area contributed by atoms with Crippen LogP contribution in [0.15, 0.2) is 0 Å². The second-order valence-electron chi connectivity index (χ2n) is 7.11. The summed E-state index contributed by atoms with van der Waals surface area (Å²) < 4.78 is 0. The number of rotatable bonds is 18. The molecule has 148 valence electrons. The maximum absolute atomic E-state index is 11.9. The highest BCUT2D eigenvalue weighted by atomic mass is 17.1. The quantitative estimate of drug-likeness (QED) is 0.156. The van der Waals surface area contributed by atoms with Crippen molar-refractivity contribution in [3.05, 3.63) is 0 Å². The molecule has 0 heterocycles. The van der Waals surface area contributed by atoms with Crippen molar-refractivity contribution in [1.29, 1.82) is 0 Å². The van der Waals surface area contributed by atoms with Crippen LogP contribution in [0.1, 0.15) is 104 Å². The van der Waals surface area contributed by atoms with Gasteiger partial charge in [-0.1, -0.05) is 64.7 Å². The summed E-state index contributed by atoms with van der Waals surface area (Å²) in [6.45, 7) is 4.16. The fourth-order valence-electron chi connectivity index (χ4n) is 2.99. The van der Waals surface area contributed by atoms with Gasteiger partial charge in [-0.3, -0.25) is 10.1 Å². The van der Waals surface area contributed by atoms with Gasteiger partial charge in [0, 0.05) is 12.5 Å². The van der Waals surface area contributed by atoms with Crippen LogP contribution in [0.2, 0.25) is 0 Å². The van der Waals surface area contributed by atoms with Crippen molar-refractivity contribution in [1.82, 2.24) is 5.32 Å². The summed E-state index contributed by atoms with van der Waals surface area (Å²) in [5.41, 5.74) is 0. The summed E-state index contributed by atoms with van der Waals surface area (Å²) in [5.74, 6) is -0.103. The minimum absolute atomic E-state index is 0.0412. The van der Waals surface area contributed by atoms with Crippen LogP contribution in [-0.2, 0) is 14.5 Å². The molecule has 2 N–H and O–H groups in total. The molecule has 25 heavy (non-hydrogen) atoms. The van der Waals surface area contributed by atoms with E-state index >= 15 is 0 Å². The summed E-state index contributed by atoms with van der Waals surface area (Å²) in [5, 5.41) is 11.9. The Balaban J connectivity index is 3.66. The van der Waals surface area contributed by atoms with Crippen molar-refractivity contribution in [2.45, 2.75) is 116 Å². The SMILES string of the molecule is CCCCCCCCCCC[C@H](CC(=O)NC(C)CCCC=O)OO. The fourth-order valence-corrected chi connectivity index (χ4v) is 2.99. The zero-order valence-corrected chi connectivity index (χ0v) is 16.3. The minimum atomic E-state index is -0.424. The first-order chi connectivity index (χ1) is 12.1. The van der Waals surface area contributed by atoms with E-state index in [0.29, 0.717) is 12.8 Å². The number of hydrogen-bond donors (Lipinski definition) is 2. The monoisotopic (exact) mass is 357 g/mol. The van der Waals surface area contributed by atoms with Gasteiger partial charge in [0.2, 0.25) is 5.91 Å². The molecule has 0 aromatic carbocycles. The lowest BCUT2D eigenvalue weighted by Gasteiger charge is -2.16. The van der Waals surface area contributed by atoms with Gasteiger partial charge in [-0.25, -0.2) is 4.89 Å². The smallest absolute Gasteiger partial charge is 0.222 e. The molecule has 0 fully saturated rings. The number of hydrogen-bond acceptors (Lipinski definition) is 4. The van der Waals surface area contributed by atoms with E-state index < -0.39 is 6.10 Å². The Morgan fingerprint density at radius 3 is 2.16 bits per heavy atom. The molecule has 0 spiro atoms. The van der Waals surface area contributed by atoms with Gasteiger partial charge in [-0.05, 0) is 26.2 Å². The average molecular weight is 358 g/mol. The number of carbonyl (C=O) groups excluding carboxylic acids is 2. The Morgan fingerprint density at radius 1 is 1.00 bits per heavy atom. The molecule has 0 aromatic heterocycles. The first kappa shape index (κ1) is 24.1. The van der Waals surface area contributed by atoms with Gasteiger partial charge in [0.1, 0.15) is 12.4 Å². The molecule has 0 bridgehead atoms. The second-order valence-corrected chi connectivity index (χ2v) is 7.11. The standard InChI is InChI=1S/C20H39NO4/c1-3-4-5-6-7-8-9-10-11-15-19(25-24)17-20(23)21-18(2)14-12-13-16-22/h16,18-19,24H,3-15,17H2,1-2H3,(H,21,23)/t18?,19-/m1/s1. The van der Waals surface area contributed by atoms with Crippen LogP contribution >= 0.6 is 0 Å². The molecule has 2 atom stereocenters. The second kappa shape index (κ2) is 17.9. The number of carbonyl (C=O) groups is 2. The maximum Gasteiger partial charge on any atom is 0.222 e. The number of amides is 1. The Bertz CT molecular complexity index is 323. The van der Waals surface area contributed by atoms with Gasteiger partial charge in [0.15, 0.2) is 0 Å². The molecule has 0 saturated carbocycles. The Morgan fingerprint density at radius 2 is 1.60 bits per heavy atom. The van der Waals surface area contributed by atoms with Crippen LogP contribution in [-0.4, -0.2) is 29.6 Å². The molecule has 1 amide bonds. The number of aldehydes is 1. The van der Waals surface area contributed by atoms with Crippen molar-refractivity contribution in [3.8, 4) is 0 Å². The maximum atomic E-state index is 11.9. The van der Waals surface area contributed by atoms with Crippen LogP contribution in [0, 0.1) is 0 Å². The Hall–Kier alpha value is -0.940. The van der Waals surface area contributed by atoms with Crippen molar-refractivity contribution in [2.24, 2.45) is 0 Å². The van der Waals surface area contributed by atoms with Crippen LogP contribution in [0.3, 0.4) is 0 Å². The summed E-state index contributed by atoms with van der Waals surface area (Å²) in [4.78, 5) is 26.7. The lowest BCUT2D eigenvalue weighted by Crippen LogP contribution is -2.35. The summed E-state index contributed by atoms with van der Waals surface area (Å²) in [7, 11) is 0. The van der Waals surface area contributed by atoms with E-state index in [1.165, 1.54) is 44.9 Å². The van der Waals surface area contributed by atoms with Gasteiger partial charge < -0.3 is 10.1 Å². The van der Waals surface area contributed by atoms with Crippen LogP contribution in [0.4, 0.5) is 0 Å². The van der Waals surface area contributed by atoms with Crippen molar-refractivity contribution in [3.63, 3.8) is 0 Å². The van der Waals surface area contributed by atoms with Gasteiger partial charge in [-0.2, -0.15) is 0 Å². The third-order valence-electron chi connectivity index (χ3n) is 4.56. The molecule has 0 rings (SSSR count). The summed E-state index contributed by atoms with van der Waals surface area (Å²) >= 11 is 0. The van der Waals surface area contributed by atoms with Gasteiger partial charge in [0.05, 0.1) is 6.42 Å². The lowest BCUT2D eigenvalue weighted by molar-refractivity contribution is -0.279. The Kier molecular flexibility index (Phi) is 17.2. The largest absolute Gasteiger partial charge is 0.354 e. The number of unbranched alkanes of at least 4 members (excludes halogenated alkanes) is 9. The van der Waals surface area contributed by atoms with Gasteiger partial charge >= 0.3 is 0 Å². The van der Waals surface area contributed by atoms with E-state index in [4.69, 9.17) is 5.26 Å². The molecule has 0 aromatic rings. The average Bonchev–Trinajstić information content (AvgIpc) is 2.59. The van der Waals surface area contributed by atoms with Crippen LogP contribution < -0.4 is 5.32 Å². The molecule has 5 nitrogen and oxygen atoms in total. The van der Waals surface area contributed by atoms with Gasteiger partial charge in [-0.15, -0.1) is 0 Å². The Labute approximate surface area is 153 Å². The van der Waals surface area contributed by atoms with E-state index in [2.05, 4.69) is 17.1 Å². The zero-order chi connectivity index (χ0) is 18.8. The van der Waals surface area contributed by atoms with Crippen molar-refractivity contribution in [2.75, 3.05) is 0 Å². The highest BCUT2D eigenvalue weighted by Crippen LogP contribution is 2.13. The molecule has 0 aliphatic rings. The highest BCUT2D eigenvalue weighted by molar-refractivity contribution is 5.76. The number of nitrogens with one attached hydrogen (secondary N) is 1. The zero-order valence-electron chi connectivity index (χ0n) is 16.3. The molecule has 0 aliphatic carbocycles. The van der Waals surface area contributed by atoms with Crippen LogP contribution in [0.25, 0.3) is 0 Å².